The Kier molecular flexibility index (Phi) is 2.94. The summed E-state index contributed by atoms with van der Waals surface area (Å²) >= 11 is 0. The van der Waals surface area contributed by atoms with E-state index in [0.29, 0.717) is 13.0 Å². The molecule has 1 atom stereocenters. The molecule has 1 aliphatic rings. The average Bonchev–Trinajstić information content (AvgIpc) is 2.37. The second-order valence-corrected chi connectivity index (χ2v) is 2.64. The molecule has 1 saturated heterocycles. The Hall–Kier alpha value is -1.01. The molecule has 60 valence electrons. The first-order valence-electron chi connectivity index (χ1n) is 3.76. The van der Waals surface area contributed by atoms with Gasteiger partial charge in [-0.3, -0.25) is 4.79 Å². The van der Waals surface area contributed by atoms with Gasteiger partial charge in [-0.15, -0.1) is 6.42 Å². The van der Waals surface area contributed by atoms with Gasteiger partial charge < -0.3 is 10.6 Å². The lowest BCUT2D eigenvalue weighted by Crippen LogP contribution is -2.35. The Morgan fingerprint density at radius 1 is 1.82 bits per heavy atom. The van der Waals surface area contributed by atoms with Crippen LogP contribution in [0.4, 0.5) is 0 Å². The summed E-state index contributed by atoms with van der Waals surface area (Å²) in [5, 5.41) is 5.89. The zero-order chi connectivity index (χ0) is 8.10. The number of carbonyl (C=O) groups excluding carboxylic acids is 1. The topological polar surface area (TPSA) is 41.1 Å². The largest absolute Gasteiger partial charge is 0.352 e. The van der Waals surface area contributed by atoms with E-state index in [2.05, 4.69) is 16.6 Å². The third-order valence-corrected chi connectivity index (χ3v) is 1.70. The second kappa shape index (κ2) is 3.99. The summed E-state index contributed by atoms with van der Waals surface area (Å²) in [6.45, 7) is 1.36. The van der Waals surface area contributed by atoms with Gasteiger partial charge in [-0.1, -0.05) is 5.92 Å². The summed E-state index contributed by atoms with van der Waals surface area (Å²) in [5.74, 6) is 2.63. The molecule has 1 heterocycles. The van der Waals surface area contributed by atoms with Crippen LogP contribution in [-0.2, 0) is 4.79 Å². The van der Waals surface area contributed by atoms with E-state index >= 15 is 0 Å². The molecular weight excluding hydrogens is 140 g/mol. The molecule has 0 aromatic carbocycles. The predicted molar refractivity (Wildman–Crippen MR) is 42.9 cm³/mol. The normalized spacial score (nSPS) is 22.8. The molecule has 0 saturated carbocycles. The maximum Gasteiger partial charge on any atom is 0.220 e. The van der Waals surface area contributed by atoms with Crippen molar-refractivity contribution in [1.29, 1.82) is 0 Å². The van der Waals surface area contributed by atoms with Gasteiger partial charge in [-0.25, -0.2) is 0 Å². The summed E-state index contributed by atoms with van der Waals surface area (Å²) in [5.41, 5.74) is 0. The molecule has 1 aliphatic heterocycles. The molecule has 0 aliphatic carbocycles. The smallest absolute Gasteiger partial charge is 0.220 e. The van der Waals surface area contributed by atoms with E-state index in [0.717, 1.165) is 13.0 Å². The molecule has 3 nitrogen and oxygen atoms in total. The van der Waals surface area contributed by atoms with Crippen molar-refractivity contribution in [1.82, 2.24) is 10.6 Å². The SMILES string of the molecule is C#CCNC[C@@H]1CCC(=O)N1. The summed E-state index contributed by atoms with van der Waals surface area (Å²) in [6.07, 6.45) is 6.62. The van der Waals surface area contributed by atoms with Crippen molar-refractivity contribution < 1.29 is 4.79 Å². The van der Waals surface area contributed by atoms with E-state index in [-0.39, 0.29) is 11.9 Å². The van der Waals surface area contributed by atoms with Gasteiger partial charge in [0, 0.05) is 19.0 Å². The molecule has 0 unspecified atom stereocenters. The minimum atomic E-state index is 0.150. The van der Waals surface area contributed by atoms with Crippen LogP contribution in [0.2, 0.25) is 0 Å². The number of rotatable bonds is 3. The van der Waals surface area contributed by atoms with E-state index in [9.17, 15) is 4.79 Å². The Labute approximate surface area is 66.5 Å². The second-order valence-electron chi connectivity index (χ2n) is 2.64. The fourth-order valence-corrected chi connectivity index (χ4v) is 1.15. The molecule has 1 amide bonds. The Balaban J connectivity index is 2.09. The van der Waals surface area contributed by atoms with Gasteiger partial charge in [0.15, 0.2) is 0 Å². The van der Waals surface area contributed by atoms with E-state index < -0.39 is 0 Å². The first-order valence-corrected chi connectivity index (χ1v) is 3.76. The van der Waals surface area contributed by atoms with Crippen LogP contribution in [-0.4, -0.2) is 25.0 Å². The Morgan fingerprint density at radius 2 is 2.64 bits per heavy atom. The van der Waals surface area contributed by atoms with Crippen LogP contribution in [0.15, 0.2) is 0 Å². The van der Waals surface area contributed by atoms with E-state index in [4.69, 9.17) is 6.42 Å². The maximum atomic E-state index is 10.7. The lowest BCUT2D eigenvalue weighted by atomic mass is 10.2. The fourth-order valence-electron chi connectivity index (χ4n) is 1.15. The van der Waals surface area contributed by atoms with Gasteiger partial charge in [-0.2, -0.15) is 0 Å². The Bertz CT molecular complexity index is 183. The van der Waals surface area contributed by atoms with Gasteiger partial charge in [0.05, 0.1) is 6.54 Å². The first-order chi connectivity index (χ1) is 5.33. The van der Waals surface area contributed by atoms with Crippen LogP contribution < -0.4 is 10.6 Å². The van der Waals surface area contributed by atoms with Crippen LogP contribution in [0.5, 0.6) is 0 Å². The molecule has 1 rings (SSSR count). The molecule has 2 N–H and O–H groups in total. The zero-order valence-corrected chi connectivity index (χ0v) is 6.39. The van der Waals surface area contributed by atoms with E-state index in [1.54, 1.807) is 0 Å². The fraction of sp³-hybridized carbons (Fsp3) is 0.625. The zero-order valence-electron chi connectivity index (χ0n) is 6.39. The molecular formula is C8H12N2O. The minimum absolute atomic E-state index is 0.150. The Morgan fingerprint density at radius 3 is 3.18 bits per heavy atom. The quantitative estimate of drug-likeness (QED) is 0.422. The van der Waals surface area contributed by atoms with Crippen LogP contribution in [0.3, 0.4) is 0 Å². The number of terminal acetylenes is 1. The van der Waals surface area contributed by atoms with Gasteiger partial charge >= 0.3 is 0 Å². The monoisotopic (exact) mass is 152 g/mol. The average molecular weight is 152 g/mol. The molecule has 0 spiro atoms. The number of hydrogen-bond donors (Lipinski definition) is 2. The molecule has 11 heavy (non-hydrogen) atoms. The van der Waals surface area contributed by atoms with Gasteiger partial charge in [0.1, 0.15) is 0 Å². The molecule has 0 radical (unpaired) electrons. The molecule has 3 heteroatoms. The number of amides is 1. The third kappa shape index (κ3) is 2.60. The lowest BCUT2D eigenvalue weighted by Gasteiger charge is -2.08. The highest BCUT2D eigenvalue weighted by Crippen LogP contribution is 2.04. The van der Waals surface area contributed by atoms with Crippen molar-refractivity contribution in [3.05, 3.63) is 0 Å². The van der Waals surface area contributed by atoms with Gasteiger partial charge in [0.25, 0.3) is 0 Å². The molecule has 0 aromatic heterocycles. The highest BCUT2D eigenvalue weighted by Gasteiger charge is 2.19. The summed E-state index contributed by atoms with van der Waals surface area (Å²) < 4.78 is 0. The van der Waals surface area contributed by atoms with Crippen molar-refractivity contribution in [3.8, 4) is 12.3 Å². The van der Waals surface area contributed by atoms with Crippen LogP contribution >= 0.6 is 0 Å². The maximum absolute atomic E-state index is 10.7. The van der Waals surface area contributed by atoms with Crippen molar-refractivity contribution in [2.75, 3.05) is 13.1 Å². The number of nitrogens with one attached hydrogen (secondary N) is 2. The first kappa shape index (κ1) is 8.09. The summed E-state index contributed by atoms with van der Waals surface area (Å²) in [6, 6.07) is 0.288. The highest BCUT2D eigenvalue weighted by atomic mass is 16.1. The molecule has 1 fully saturated rings. The van der Waals surface area contributed by atoms with Crippen molar-refractivity contribution >= 4 is 5.91 Å². The summed E-state index contributed by atoms with van der Waals surface area (Å²) in [4.78, 5) is 10.7. The van der Waals surface area contributed by atoms with Crippen molar-refractivity contribution in [3.63, 3.8) is 0 Å². The number of carbonyl (C=O) groups is 1. The minimum Gasteiger partial charge on any atom is -0.352 e. The molecule has 0 aromatic rings. The lowest BCUT2D eigenvalue weighted by molar-refractivity contribution is -0.119. The highest BCUT2D eigenvalue weighted by molar-refractivity contribution is 5.78. The van der Waals surface area contributed by atoms with E-state index in [1.165, 1.54) is 0 Å². The third-order valence-electron chi connectivity index (χ3n) is 1.70. The van der Waals surface area contributed by atoms with Crippen LogP contribution in [0, 0.1) is 12.3 Å². The van der Waals surface area contributed by atoms with Crippen LogP contribution in [0.25, 0.3) is 0 Å². The van der Waals surface area contributed by atoms with Crippen molar-refractivity contribution in [2.45, 2.75) is 18.9 Å². The van der Waals surface area contributed by atoms with Gasteiger partial charge in [0.2, 0.25) is 5.91 Å². The van der Waals surface area contributed by atoms with Crippen molar-refractivity contribution in [2.24, 2.45) is 0 Å². The van der Waals surface area contributed by atoms with Crippen LogP contribution in [0.1, 0.15) is 12.8 Å². The predicted octanol–water partition coefficient (Wildman–Crippen LogP) is -0.512. The molecule has 0 bridgehead atoms. The van der Waals surface area contributed by atoms with Gasteiger partial charge in [-0.05, 0) is 6.42 Å². The standard InChI is InChI=1S/C8H12N2O/c1-2-5-9-6-7-3-4-8(11)10-7/h1,7,9H,3-6H2,(H,10,11)/t7-/m0/s1. The summed E-state index contributed by atoms with van der Waals surface area (Å²) in [7, 11) is 0. The van der Waals surface area contributed by atoms with E-state index in [1.807, 2.05) is 0 Å². The number of hydrogen-bond acceptors (Lipinski definition) is 2.